The van der Waals surface area contributed by atoms with Crippen molar-refractivity contribution in [3.63, 3.8) is 0 Å². The molecule has 0 aromatic heterocycles. The zero-order valence-electron chi connectivity index (χ0n) is 17.6. The minimum atomic E-state index is -0.661. The highest BCUT2D eigenvalue weighted by molar-refractivity contribution is 5.63. The summed E-state index contributed by atoms with van der Waals surface area (Å²) in [5, 5.41) is 0. The van der Waals surface area contributed by atoms with Gasteiger partial charge in [0.05, 0.1) is 6.04 Å². The molecule has 5 nitrogen and oxygen atoms in total. The van der Waals surface area contributed by atoms with Gasteiger partial charge in [-0.3, -0.25) is 9.80 Å². The Morgan fingerprint density at radius 1 is 0.774 bits per heavy atom. The number of rotatable bonds is 7. The van der Waals surface area contributed by atoms with E-state index >= 15 is 0 Å². The highest BCUT2D eigenvalue weighted by atomic mass is 16.7. The number of para-hydroxylation sites is 1. The minimum absolute atomic E-state index is 0.0981. The molecule has 5 heteroatoms. The fraction of sp³-hybridized carbons (Fsp3) is 0.269. The first-order valence-electron chi connectivity index (χ1n) is 10.7. The lowest BCUT2D eigenvalue weighted by Crippen LogP contribution is -2.54. The Balaban J connectivity index is 1.38. The maximum atomic E-state index is 12.2. The summed E-state index contributed by atoms with van der Waals surface area (Å²) in [7, 11) is 0. The summed E-state index contributed by atoms with van der Waals surface area (Å²) in [5.41, 5.74) is 2.55. The molecule has 0 radical (unpaired) electrons. The zero-order chi connectivity index (χ0) is 21.3. The largest absolute Gasteiger partial charge is 0.513 e. The second kappa shape index (κ2) is 10.8. The monoisotopic (exact) mass is 416 g/mol. The Hall–Kier alpha value is -3.15. The number of piperazine rings is 1. The highest BCUT2D eigenvalue weighted by Crippen LogP contribution is 2.17. The first kappa shape index (κ1) is 21.1. The van der Waals surface area contributed by atoms with Crippen LogP contribution in [0.25, 0.3) is 0 Å². The van der Waals surface area contributed by atoms with E-state index in [0.717, 1.165) is 32.7 Å². The molecule has 1 unspecified atom stereocenters. The molecule has 1 aliphatic rings. The van der Waals surface area contributed by atoms with Gasteiger partial charge in [-0.15, -0.1) is 0 Å². The van der Waals surface area contributed by atoms with Crippen molar-refractivity contribution in [1.29, 1.82) is 0 Å². The van der Waals surface area contributed by atoms with Crippen molar-refractivity contribution in [2.24, 2.45) is 0 Å². The molecule has 1 saturated heterocycles. The van der Waals surface area contributed by atoms with Crippen molar-refractivity contribution in [3.8, 4) is 5.75 Å². The van der Waals surface area contributed by atoms with Crippen molar-refractivity contribution < 1.29 is 14.3 Å². The topological polar surface area (TPSA) is 42.0 Å². The van der Waals surface area contributed by atoms with Crippen LogP contribution in [0.3, 0.4) is 0 Å². The molecule has 0 N–H and O–H groups in total. The van der Waals surface area contributed by atoms with Crippen LogP contribution in [0.1, 0.15) is 11.1 Å². The van der Waals surface area contributed by atoms with Crippen molar-refractivity contribution in [3.05, 3.63) is 102 Å². The van der Waals surface area contributed by atoms with E-state index in [9.17, 15) is 4.79 Å². The summed E-state index contributed by atoms with van der Waals surface area (Å²) in [4.78, 5) is 17.0. The van der Waals surface area contributed by atoms with Gasteiger partial charge in [0.15, 0.2) is 0 Å². The van der Waals surface area contributed by atoms with Gasteiger partial charge in [-0.2, -0.15) is 0 Å². The molecule has 1 heterocycles. The Bertz CT molecular complexity index is 935. The average molecular weight is 417 g/mol. The highest BCUT2D eigenvalue weighted by Gasteiger charge is 2.28. The molecule has 1 aliphatic heterocycles. The van der Waals surface area contributed by atoms with Gasteiger partial charge in [0.2, 0.25) is 0 Å². The molecular weight excluding hydrogens is 388 g/mol. The normalized spacial score (nSPS) is 17.2. The van der Waals surface area contributed by atoms with E-state index in [1.54, 1.807) is 12.1 Å². The third kappa shape index (κ3) is 6.41. The van der Waals surface area contributed by atoms with E-state index in [2.05, 4.69) is 58.3 Å². The van der Waals surface area contributed by atoms with Crippen LogP contribution in [0, 0.1) is 0 Å². The molecule has 160 valence electrons. The number of nitrogens with zero attached hydrogens (tertiary/aromatic N) is 2. The molecular formula is C26H28N2O3. The van der Waals surface area contributed by atoms with Crippen LogP contribution in [0.4, 0.5) is 4.79 Å². The SMILES string of the molecule is O=C(OCC1CN(Cc2ccccc2)CCN1Cc1ccccc1)Oc1ccccc1. The van der Waals surface area contributed by atoms with Crippen LogP contribution in [-0.4, -0.2) is 48.2 Å². The Labute approximate surface area is 183 Å². The Kier molecular flexibility index (Phi) is 7.32. The summed E-state index contributed by atoms with van der Waals surface area (Å²) in [6, 6.07) is 30.0. The lowest BCUT2D eigenvalue weighted by atomic mass is 10.1. The van der Waals surface area contributed by atoms with E-state index in [1.807, 2.05) is 30.3 Å². The summed E-state index contributed by atoms with van der Waals surface area (Å²) in [6.45, 7) is 4.76. The molecule has 3 aromatic carbocycles. The summed E-state index contributed by atoms with van der Waals surface area (Å²) in [6.07, 6.45) is -0.661. The molecule has 1 atom stereocenters. The fourth-order valence-corrected chi connectivity index (χ4v) is 3.91. The van der Waals surface area contributed by atoms with Gasteiger partial charge in [-0.1, -0.05) is 78.9 Å². The maximum absolute atomic E-state index is 12.2. The quantitative estimate of drug-likeness (QED) is 0.416. The second-order valence-electron chi connectivity index (χ2n) is 7.81. The number of hydrogen-bond acceptors (Lipinski definition) is 5. The Morgan fingerprint density at radius 3 is 2.00 bits per heavy atom. The molecule has 0 saturated carbocycles. The van der Waals surface area contributed by atoms with Crippen molar-refractivity contribution >= 4 is 6.16 Å². The molecule has 0 amide bonds. The summed E-state index contributed by atoms with van der Waals surface area (Å²) < 4.78 is 10.8. The fourth-order valence-electron chi connectivity index (χ4n) is 3.91. The number of carbonyl (C=O) groups is 1. The van der Waals surface area contributed by atoms with Crippen LogP contribution >= 0.6 is 0 Å². The van der Waals surface area contributed by atoms with Gasteiger partial charge >= 0.3 is 6.16 Å². The van der Waals surface area contributed by atoms with Crippen LogP contribution in [-0.2, 0) is 17.8 Å². The summed E-state index contributed by atoms with van der Waals surface area (Å²) in [5.74, 6) is 0.489. The van der Waals surface area contributed by atoms with Crippen molar-refractivity contribution in [2.75, 3.05) is 26.2 Å². The van der Waals surface area contributed by atoms with Crippen molar-refractivity contribution in [2.45, 2.75) is 19.1 Å². The molecule has 3 aromatic rings. The van der Waals surface area contributed by atoms with Crippen LogP contribution < -0.4 is 4.74 Å². The molecule has 0 aliphatic carbocycles. The molecule has 4 rings (SSSR count). The minimum Gasteiger partial charge on any atom is -0.432 e. The smallest absolute Gasteiger partial charge is 0.432 e. The predicted octanol–water partition coefficient (Wildman–Crippen LogP) is 4.59. The van der Waals surface area contributed by atoms with E-state index in [1.165, 1.54) is 11.1 Å². The molecule has 1 fully saturated rings. The summed E-state index contributed by atoms with van der Waals surface area (Å²) >= 11 is 0. The second-order valence-corrected chi connectivity index (χ2v) is 7.81. The van der Waals surface area contributed by atoms with Crippen LogP contribution in [0.5, 0.6) is 5.75 Å². The van der Waals surface area contributed by atoms with E-state index < -0.39 is 6.16 Å². The van der Waals surface area contributed by atoms with Gasteiger partial charge < -0.3 is 9.47 Å². The number of ether oxygens (including phenoxy) is 2. The van der Waals surface area contributed by atoms with Gasteiger partial charge in [0.25, 0.3) is 0 Å². The van der Waals surface area contributed by atoms with E-state index in [-0.39, 0.29) is 6.04 Å². The third-order valence-corrected chi connectivity index (χ3v) is 5.50. The first-order chi connectivity index (χ1) is 15.3. The average Bonchev–Trinajstić information content (AvgIpc) is 2.81. The lowest BCUT2D eigenvalue weighted by Gasteiger charge is -2.41. The molecule has 0 bridgehead atoms. The standard InChI is InChI=1S/C26H28N2O3/c29-26(31-25-14-8-3-9-15-25)30-21-24-20-27(18-22-10-4-1-5-11-22)16-17-28(24)19-23-12-6-2-7-13-23/h1-15,24H,16-21H2. The van der Waals surface area contributed by atoms with Gasteiger partial charge in [-0.05, 0) is 23.3 Å². The number of carbonyl (C=O) groups excluding carboxylic acids is 1. The zero-order valence-corrected chi connectivity index (χ0v) is 17.6. The van der Waals surface area contributed by atoms with Crippen molar-refractivity contribution in [1.82, 2.24) is 9.80 Å². The third-order valence-electron chi connectivity index (χ3n) is 5.50. The van der Waals surface area contributed by atoms with Gasteiger partial charge in [0, 0.05) is 32.7 Å². The van der Waals surface area contributed by atoms with Crippen LogP contribution in [0.15, 0.2) is 91.0 Å². The Morgan fingerprint density at radius 2 is 1.35 bits per heavy atom. The first-order valence-corrected chi connectivity index (χ1v) is 10.7. The maximum Gasteiger partial charge on any atom is 0.513 e. The lowest BCUT2D eigenvalue weighted by molar-refractivity contribution is 0.0127. The van der Waals surface area contributed by atoms with E-state index in [4.69, 9.17) is 9.47 Å². The number of hydrogen-bond donors (Lipinski definition) is 0. The molecule has 0 spiro atoms. The van der Waals surface area contributed by atoms with Crippen LogP contribution in [0.2, 0.25) is 0 Å². The predicted molar refractivity (Wildman–Crippen MR) is 121 cm³/mol. The van der Waals surface area contributed by atoms with Gasteiger partial charge in [-0.25, -0.2) is 4.79 Å². The van der Waals surface area contributed by atoms with E-state index in [0.29, 0.717) is 12.4 Å². The molecule has 31 heavy (non-hydrogen) atoms. The van der Waals surface area contributed by atoms with Gasteiger partial charge in [0.1, 0.15) is 12.4 Å². The number of benzene rings is 3.